The SMILES string of the molecule is O=[N+]([O-])c1ccccc1-n1c(-c2ccccc2Br)cc2cc(Cl)ccc21. The Kier molecular flexibility index (Phi) is 4.26. The maximum absolute atomic E-state index is 11.6. The van der Waals surface area contributed by atoms with Gasteiger partial charge in [-0.15, -0.1) is 0 Å². The zero-order valence-corrected chi connectivity index (χ0v) is 15.7. The molecule has 0 saturated heterocycles. The molecule has 128 valence electrons. The van der Waals surface area contributed by atoms with Gasteiger partial charge in [0.15, 0.2) is 0 Å². The van der Waals surface area contributed by atoms with Crippen molar-refractivity contribution in [2.75, 3.05) is 0 Å². The molecule has 6 heteroatoms. The first kappa shape index (κ1) is 16.8. The molecule has 26 heavy (non-hydrogen) atoms. The van der Waals surface area contributed by atoms with Crippen LogP contribution in [0.5, 0.6) is 0 Å². The zero-order chi connectivity index (χ0) is 18.3. The molecule has 1 aromatic heterocycles. The molecule has 0 aliphatic heterocycles. The highest BCUT2D eigenvalue weighted by Crippen LogP contribution is 2.38. The van der Waals surface area contributed by atoms with Crippen molar-refractivity contribution in [3.8, 4) is 16.9 Å². The molecule has 0 fully saturated rings. The third-order valence-corrected chi connectivity index (χ3v) is 5.16. The van der Waals surface area contributed by atoms with Crippen molar-refractivity contribution < 1.29 is 4.92 Å². The number of halogens is 2. The average Bonchev–Trinajstić information content (AvgIpc) is 3.00. The molecule has 0 unspecified atom stereocenters. The summed E-state index contributed by atoms with van der Waals surface area (Å²) in [6.45, 7) is 0. The normalized spacial score (nSPS) is 11.0. The van der Waals surface area contributed by atoms with Crippen molar-refractivity contribution in [2.24, 2.45) is 0 Å². The van der Waals surface area contributed by atoms with E-state index in [4.69, 9.17) is 11.6 Å². The molecule has 0 atom stereocenters. The fourth-order valence-corrected chi connectivity index (χ4v) is 3.79. The van der Waals surface area contributed by atoms with Crippen LogP contribution in [0.3, 0.4) is 0 Å². The van der Waals surface area contributed by atoms with Crippen LogP contribution in [-0.2, 0) is 0 Å². The number of nitrogens with zero attached hydrogens (tertiary/aromatic N) is 2. The Morgan fingerprint density at radius 3 is 2.46 bits per heavy atom. The van der Waals surface area contributed by atoms with Crippen molar-refractivity contribution in [1.82, 2.24) is 4.57 Å². The van der Waals surface area contributed by atoms with Gasteiger partial charge in [-0.3, -0.25) is 10.1 Å². The smallest absolute Gasteiger partial charge is 0.293 e. The van der Waals surface area contributed by atoms with Gasteiger partial charge in [-0.05, 0) is 36.4 Å². The topological polar surface area (TPSA) is 48.1 Å². The number of para-hydroxylation sites is 2. The summed E-state index contributed by atoms with van der Waals surface area (Å²) in [7, 11) is 0. The van der Waals surface area contributed by atoms with Gasteiger partial charge in [0.2, 0.25) is 0 Å². The van der Waals surface area contributed by atoms with Crippen molar-refractivity contribution in [1.29, 1.82) is 0 Å². The molecule has 0 aliphatic carbocycles. The van der Waals surface area contributed by atoms with E-state index in [1.807, 2.05) is 47.0 Å². The predicted molar refractivity (Wildman–Crippen MR) is 108 cm³/mol. The second-order valence-electron chi connectivity index (χ2n) is 5.79. The molecular weight excluding hydrogens is 416 g/mol. The molecule has 3 aromatic carbocycles. The van der Waals surface area contributed by atoms with Gasteiger partial charge in [0.05, 0.1) is 16.1 Å². The predicted octanol–water partition coefficient (Wildman–Crippen LogP) is 6.62. The summed E-state index contributed by atoms with van der Waals surface area (Å²) >= 11 is 9.74. The van der Waals surface area contributed by atoms with Gasteiger partial charge in [0, 0.05) is 26.5 Å². The summed E-state index contributed by atoms with van der Waals surface area (Å²) in [5.41, 5.74) is 3.21. The summed E-state index contributed by atoms with van der Waals surface area (Å²) in [5, 5.41) is 13.1. The Hall–Kier alpha value is -2.63. The fraction of sp³-hybridized carbons (Fsp3) is 0. The fourth-order valence-electron chi connectivity index (χ4n) is 3.12. The summed E-state index contributed by atoms with van der Waals surface area (Å²) < 4.78 is 2.82. The Labute approximate surface area is 162 Å². The van der Waals surface area contributed by atoms with E-state index in [1.165, 1.54) is 6.07 Å². The lowest BCUT2D eigenvalue weighted by atomic mass is 10.1. The summed E-state index contributed by atoms with van der Waals surface area (Å²) in [6, 6.07) is 22.1. The highest BCUT2D eigenvalue weighted by Gasteiger charge is 2.21. The van der Waals surface area contributed by atoms with E-state index in [0.29, 0.717) is 10.7 Å². The van der Waals surface area contributed by atoms with Crippen molar-refractivity contribution in [2.45, 2.75) is 0 Å². The van der Waals surface area contributed by atoms with Gasteiger partial charge in [-0.25, -0.2) is 0 Å². The first-order valence-electron chi connectivity index (χ1n) is 7.86. The second-order valence-corrected chi connectivity index (χ2v) is 7.08. The van der Waals surface area contributed by atoms with Crippen molar-refractivity contribution in [3.63, 3.8) is 0 Å². The number of nitro benzene ring substituents is 1. The maximum atomic E-state index is 11.6. The van der Waals surface area contributed by atoms with Crippen molar-refractivity contribution >= 4 is 44.1 Å². The van der Waals surface area contributed by atoms with Gasteiger partial charge in [-0.1, -0.05) is 57.9 Å². The monoisotopic (exact) mass is 426 g/mol. The lowest BCUT2D eigenvalue weighted by Gasteiger charge is -2.12. The summed E-state index contributed by atoms with van der Waals surface area (Å²) in [5.74, 6) is 0. The average molecular weight is 428 g/mol. The third kappa shape index (κ3) is 2.79. The van der Waals surface area contributed by atoms with Gasteiger partial charge in [-0.2, -0.15) is 0 Å². The molecule has 4 aromatic rings. The van der Waals surface area contributed by atoms with E-state index in [0.717, 1.165) is 26.6 Å². The van der Waals surface area contributed by atoms with Crippen LogP contribution >= 0.6 is 27.5 Å². The van der Waals surface area contributed by atoms with Crippen LogP contribution in [0.15, 0.2) is 77.3 Å². The molecule has 1 heterocycles. The molecule has 4 nitrogen and oxygen atoms in total. The minimum absolute atomic E-state index is 0.0493. The molecule has 4 rings (SSSR count). The third-order valence-electron chi connectivity index (χ3n) is 4.23. The van der Waals surface area contributed by atoms with Gasteiger partial charge in [0.1, 0.15) is 5.69 Å². The van der Waals surface area contributed by atoms with Gasteiger partial charge >= 0.3 is 0 Å². The quantitative estimate of drug-likeness (QED) is 0.272. The van der Waals surface area contributed by atoms with Crippen LogP contribution in [0, 0.1) is 10.1 Å². The van der Waals surface area contributed by atoms with Crippen LogP contribution in [0.4, 0.5) is 5.69 Å². The van der Waals surface area contributed by atoms with E-state index in [2.05, 4.69) is 15.9 Å². The number of hydrogen-bond acceptors (Lipinski definition) is 2. The second kappa shape index (κ2) is 6.59. The Bertz CT molecular complexity index is 1150. The number of benzene rings is 3. The first-order valence-corrected chi connectivity index (χ1v) is 9.03. The lowest BCUT2D eigenvalue weighted by molar-refractivity contribution is -0.384. The van der Waals surface area contributed by atoms with E-state index < -0.39 is 0 Å². The maximum Gasteiger partial charge on any atom is 0.293 e. The lowest BCUT2D eigenvalue weighted by Crippen LogP contribution is -2.01. The first-order chi connectivity index (χ1) is 12.6. The van der Waals surface area contributed by atoms with Crippen LogP contribution in [-0.4, -0.2) is 9.49 Å². The van der Waals surface area contributed by atoms with Crippen LogP contribution in [0.25, 0.3) is 27.8 Å². The Morgan fingerprint density at radius 1 is 0.962 bits per heavy atom. The summed E-state index contributed by atoms with van der Waals surface area (Å²) in [4.78, 5) is 11.2. The number of rotatable bonds is 3. The van der Waals surface area contributed by atoms with Crippen LogP contribution < -0.4 is 0 Å². The van der Waals surface area contributed by atoms with E-state index in [1.54, 1.807) is 24.3 Å². The standard InChI is InChI=1S/C20H12BrClN2O2/c21-16-6-2-1-5-15(16)20-12-13-11-14(22)9-10-17(13)23(20)18-7-3-4-8-19(18)24(25)26/h1-12H. The minimum atomic E-state index is -0.360. The molecular formula is C20H12BrClN2O2. The Morgan fingerprint density at radius 2 is 1.69 bits per heavy atom. The zero-order valence-electron chi connectivity index (χ0n) is 13.4. The molecule has 0 spiro atoms. The number of aromatic nitrogens is 1. The number of hydrogen-bond donors (Lipinski definition) is 0. The molecule has 0 N–H and O–H groups in total. The Balaban J connectivity index is 2.13. The van der Waals surface area contributed by atoms with Crippen LogP contribution in [0.1, 0.15) is 0 Å². The van der Waals surface area contributed by atoms with Gasteiger partial charge in [0.25, 0.3) is 5.69 Å². The number of nitro groups is 1. The molecule has 0 bridgehead atoms. The van der Waals surface area contributed by atoms with E-state index in [-0.39, 0.29) is 10.6 Å². The minimum Gasteiger partial charge on any atom is -0.303 e. The molecule has 0 amide bonds. The molecule has 0 aliphatic rings. The highest BCUT2D eigenvalue weighted by molar-refractivity contribution is 9.10. The largest absolute Gasteiger partial charge is 0.303 e. The van der Waals surface area contributed by atoms with Crippen molar-refractivity contribution in [3.05, 3.63) is 92.4 Å². The van der Waals surface area contributed by atoms with E-state index >= 15 is 0 Å². The molecule has 0 saturated carbocycles. The van der Waals surface area contributed by atoms with Crippen LogP contribution in [0.2, 0.25) is 5.02 Å². The van der Waals surface area contributed by atoms with E-state index in [9.17, 15) is 10.1 Å². The summed E-state index contributed by atoms with van der Waals surface area (Å²) in [6.07, 6.45) is 0. The number of fused-ring (bicyclic) bond motifs is 1. The molecule has 0 radical (unpaired) electrons. The highest BCUT2D eigenvalue weighted by atomic mass is 79.9. The van der Waals surface area contributed by atoms with Gasteiger partial charge < -0.3 is 4.57 Å².